The first-order chi connectivity index (χ1) is 18.6. The van der Waals surface area contributed by atoms with Gasteiger partial charge in [-0.1, -0.05) is 72.3 Å². The number of aromatic nitrogens is 3. The van der Waals surface area contributed by atoms with Gasteiger partial charge in [-0.15, -0.1) is 5.10 Å². The van der Waals surface area contributed by atoms with Gasteiger partial charge in [0.15, 0.2) is 0 Å². The number of carbonyl (C=O) groups is 1. The van der Waals surface area contributed by atoms with Gasteiger partial charge in [0.05, 0.1) is 29.7 Å². The third-order valence-corrected chi connectivity index (χ3v) is 7.50. The van der Waals surface area contributed by atoms with E-state index in [-0.39, 0.29) is 28.6 Å². The summed E-state index contributed by atoms with van der Waals surface area (Å²) in [5, 5.41) is 24.3. The Hall–Kier alpha value is -3.63. The van der Waals surface area contributed by atoms with Gasteiger partial charge < -0.3 is 9.84 Å². The van der Waals surface area contributed by atoms with Gasteiger partial charge in [-0.05, 0) is 71.6 Å². The van der Waals surface area contributed by atoms with Crippen molar-refractivity contribution in [3.63, 3.8) is 0 Å². The molecule has 0 aliphatic rings. The van der Waals surface area contributed by atoms with E-state index in [9.17, 15) is 9.90 Å². The number of H-pyrrole nitrogens is 1. The summed E-state index contributed by atoms with van der Waals surface area (Å²) in [5.74, 6) is 0.568. The van der Waals surface area contributed by atoms with Crippen molar-refractivity contribution in [3.8, 4) is 28.6 Å². The summed E-state index contributed by atoms with van der Waals surface area (Å²) in [6.07, 6.45) is 1.45. The van der Waals surface area contributed by atoms with E-state index in [0.717, 1.165) is 22.6 Å². The highest BCUT2D eigenvalue weighted by Gasteiger charge is 2.25. The van der Waals surface area contributed by atoms with Crippen LogP contribution < -0.4 is 19.8 Å². The monoisotopic (exact) mass is 607 g/mol. The maximum atomic E-state index is 12.6. The summed E-state index contributed by atoms with van der Waals surface area (Å²) in [6, 6.07) is 19.8. The molecule has 0 unspecified atom stereocenters. The van der Waals surface area contributed by atoms with Crippen LogP contribution in [0.15, 0.2) is 75.4 Å². The number of ether oxygens (including phenoxy) is 1. The largest absolute Gasteiger partial charge is 0.869 e. The number of nitrogens with one attached hydrogen (secondary N) is 2. The molecule has 0 radical (unpaired) electrons. The molecule has 10 heteroatoms. The number of aryl methyl sites for hydroxylation is 1. The summed E-state index contributed by atoms with van der Waals surface area (Å²) in [6.45, 7) is 8.60. The van der Waals surface area contributed by atoms with E-state index >= 15 is 0 Å². The molecule has 0 aliphatic carbocycles. The zero-order valence-electron chi connectivity index (χ0n) is 22.4. The summed E-state index contributed by atoms with van der Waals surface area (Å²) in [4.78, 5) is 12.6. The van der Waals surface area contributed by atoms with Crippen LogP contribution in [0.3, 0.4) is 0 Å². The Morgan fingerprint density at radius 2 is 1.87 bits per heavy atom. The van der Waals surface area contributed by atoms with E-state index in [1.54, 1.807) is 12.1 Å². The molecule has 0 spiro atoms. The molecule has 0 bridgehead atoms. The smallest absolute Gasteiger partial charge is 0.342 e. The number of thioether (sulfide) groups is 1. The van der Waals surface area contributed by atoms with Crippen molar-refractivity contribution >= 4 is 39.8 Å². The van der Waals surface area contributed by atoms with E-state index < -0.39 is 0 Å². The fourth-order valence-corrected chi connectivity index (χ4v) is 5.02. The highest BCUT2D eigenvalue weighted by atomic mass is 79.9. The van der Waals surface area contributed by atoms with Gasteiger partial charge in [0.1, 0.15) is 11.4 Å². The topological polar surface area (TPSA) is 106 Å². The second kappa shape index (κ2) is 12.0. The minimum absolute atomic E-state index is 0.0539. The lowest BCUT2D eigenvalue weighted by atomic mass is 9.87. The van der Waals surface area contributed by atoms with Crippen molar-refractivity contribution in [1.29, 1.82) is 0 Å². The number of hydrogen-bond donors (Lipinski definition) is 2. The number of methoxy groups -OCH3 is 1. The van der Waals surface area contributed by atoms with Crippen LogP contribution in [0.2, 0.25) is 0 Å². The molecule has 0 aliphatic heterocycles. The van der Waals surface area contributed by atoms with Gasteiger partial charge in [-0.2, -0.15) is 9.67 Å². The molecule has 8 nitrogen and oxygen atoms in total. The Bertz CT molecular complexity index is 1490. The van der Waals surface area contributed by atoms with Crippen molar-refractivity contribution in [1.82, 2.24) is 15.6 Å². The third kappa shape index (κ3) is 6.88. The van der Waals surface area contributed by atoms with Crippen LogP contribution in [0.25, 0.3) is 17.1 Å². The molecule has 39 heavy (non-hydrogen) atoms. The van der Waals surface area contributed by atoms with Crippen LogP contribution in [0, 0.1) is 6.92 Å². The zero-order valence-corrected chi connectivity index (χ0v) is 24.8. The second-order valence-corrected chi connectivity index (χ2v) is 11.8. The van der Waals surface area contributed by atoms with Crippen molar-refractivity contribution in [2.75, 3.05) is 12.9 Å². The first-order valence-corrected chi connectivity index (χ1v) is 14.0. The Labute approximate surface area is 240 Å². The number of carbonyl (C=O) groups excluding carboxylic acids is 1. The van der Waals surface area contributed by atoms with Gasteiger partial charge in [0.25, 0.3) is 11.7 Å². The SMILES string of the molecule is COc1cc(C=NNC(=O)CSc2n[nH]c(-c3ccc(C(C)(C)C)cc3)[n+]2-c2ccc(C)cc2)cc(Br)c1[O-]. The summed E-state index contributed by atoms with van der Waals surface area (Å²) >= 11 is 4.51. The molecule has 0 saturated heterocycles. The number of amides is 1. The lowest BCUT2D eigenvalue weighted by Crippen LogP contribution is -2.34. The molecular formula is C29H30BrN5O3S. The molecule has 0 fully saturated rings. The van der Waals surface area contributed by atoms with Gasteiger partial charge in [-0.3, -0.25) is 4.79 Å². The fourth-order valence-electron chi connectivity index (χ4n) is 3.80. The highest BCUT2D eigenvalue weighted by Crippen LogP contribution is 2.32. The Kier molecular flexibility index (Phi) is 8.76. The molecule has 4 rings (SSSR count). The molecule has 202 valence electrons. The lowest BCUT2D eigenvalue weighted by molar-refractivity contribution is -0.625. The van der Waals surface area contributed by atoms with Crippen LogP contribution >= 0.6 is 27.7 Å². The quantitative estimate of drug-likeness (QED) is 0.126. The molecule has 1 amide bonds. The predicted molar refractivity (Wildman–Crippen MR) is 156 cm³/mol. The molecule has 0 atom stereocenters. The summed E-state index contributed by atoms with van der Waals surface area (Å²) in [5.41, 5.74) is 7.51. The Balaban J connectivity index is 1.52. The van der Waals surface area contributed by atoms with E-state index in [2.05, 4.69) is 81.7 Å². The maximum Gasteiger partial charge on any atom is 0.342 e. The molecular weight excluding hydrogens is 578 g/mol. The fraction of sp³-hybridized carbons (Fsp3) is 0.241. The van der Waals surface area contributed by atoms with Crippen molar-refractivity contribution < 1.29 is 19.2 Å². The van der Waals surface area contributed by atoms with Gasteiger partial charge in [0, 0.05) is 4.47 Å². The number of hydrazone groups is 1. The number of hydrogen-bond acceptors (Lipinski definition) is 6. The molecule has 1 heterocycles. The minimum Gasteiger partial charge on any atom is -0.869 e. The molecule has 2 N–H and O–H groups in total. The van der Waals surface area contributed by atoms with Crippen LogP contribution in [0.5, 0.6) is 11.5 Å². The average molecular weight is 609 g/mol. The van der Waals surface area contributed by atoms with Crippen molar-refractivity contribution in [2.45, 2.75) is 38.3 Å². The van der Waals surface area contributed by atoms with Crippen LogP contribution in [0.1, 0.15) is 37.5 Å². The summed E-state index contributed by atoms with van der Waals surface area (Å²) in [7, 11) is 1.42. The number of rotatable bonds is 8. The highest BCUT2D eigenvalue weighted by molar-refractivity contribution is 9.10. The number of aromatic amines is 1. The lowest BCUT2D eigenvalue weighted by Gasteiger charge is -2.18. The summed E-state index contributed by atoms with van der Waals surface area (Å²) < 4.78 is 7.45. The first kappa shape index (κ1) is 28.4. The molecule has 0 saturated carbocycles. The number of benzene rings is 3. The normalized spacial score (nSPS) is 11.6. The number of halogens is 1. The van der Waals surface area contributed by atoms with Gasteiger partial charge in [0.2, 0.25) is 0 Å². The van der Waals surface area contributed by atoms with Crippen LogP contribution in [-0.4, -0.2) is 35.2 Å². The third-order valence-electron chi connectivity index (χ3n) is 5.98. The van der Waals surface area contributed by atoms with E-state index in [4.69, 9.17) is 4.74 Å². The van der Waals surface area contributed by atoms with Gasteiger partial charge >= 0.3 is 5.16 Å². The van der Waals surface area contributed by atoms with E-state index in [1.165, 1.54) is 30.6 Å². The zero-order chi connectivity index (χ0) is 28.2. The van der Waals surface area contributed by atoms with Crippen molar-refractivity contribution in [2.24, 2.45) is 5.10 Å². The molecule has 1 aromatic heterocycles. The van der Waals surface area contributed by atoms with E-state index in [1.807, 2.05) is 35.8 Å². The Morgan fingerprint density at radius 1 is 1.18 bits per heavy atom. The Morgan fingerprint density at radius 3 is 2.51 bits per heavy atom. The van der Waals surface area contributed by atoms with Crippen LogP contribution in [0.4, 0.5) is 0 Å². The average Bonchev–Trinajstić information content (AvgIpc) is 3.33. The molecule has 4 aromatic rings. The maximum absolute atomic E-state index is 12.6. The second-order valence-electron chi connectivity index (χ2n) is 9.97. The standard InChI is InChI=1S/C29H30BrN5O3S/c1-18-6-12-22(13-7-18)35-27(20-8-10-21(11-9-20)29(2,3)4)33-34-28(35)39-17-25(36)32-31-16-19-14-23(30)26(37)24(15-19)38-5/h6-16H,17H2,1-5H3,(H2,31,32,36,37). The van der Waals surface area contributed by atoms with E-state index in [0.29, 0.717) is 15.2 Å². The van der Waals surface area contributed by atoms with Crippen molar-refractivity contribution in [3.05, 3.63) is 81.8 Å². The molecule has 3 aromatic carbocycles. The van der Waals surface area contributed by atoms with Gasteiger partial charge in [-0.25, -0.2) is 5.43 Å². The first-order valence-electron chi connectivity index (χ1n) is 12.2. The number of nitrogens with zero attached hydrogens (tertiary/aromatic N) is 3. The minimum atomic E-state index is -0.294. The predicted octanol–water partition coefficient (Wildman–Crippen LogP) is 5.05. The van der Waals surface area contributed by atoms with Crippen LogP contribution in [-0.2, 0) is 10.2 Å².